The molecule has 0 saturated heterocycles. The number of methoxy groups -OCH3 is 1. The molecule has 7 heteroatoms. The number of nitrogens with two attached hydrogens (primary N) is 2. The van der Waals surface area contributed by atoms with Gasteiger partial charge in [0.05, 0.1) is 6.61 Å². The SMILES string of the molecule is CC.CCOC(=O)C(Cc1ccccc1)(OC)/C(N)=N/NN. The van der Waals surface area contributed by atoms with E-state index in [9.17, 15) is 4.79 Å². The molecule has 124 valence electrons. The molecule has 0 radical (unpaired) electrons. The number of hydrogen-bond acceptors (Lipinski definition) is 6. The van der Waals surface area contributed by atoms with Crippen molar-refractivity contribution in [3.05, 3.63) is 35.9 Å². The van der Waals surface area contributed by atoms with Gasteiger partial charge < -0.3 is 15.2 Å². The van der Waals surface area contributed by atoms with Crippen LogP contribution in [0, 0.1) is 0 Å². The first-order chi connectivity index (χ1) is 10.6. The van der Waals surface area contributed by atoms with Crippen LogP contribution >= 0.6 is 0 Å². The van der Waals surface area contributed by atoms with Gasteiger partial charge in [-0.3, -0.25) is 0 Å². The highest BCUT2D eigenvalue weighted by molar-refractivity contribution is 6.08. The van der Waals surface area contributed by atoms with E-state index in [1.165, 1.54) is 7.11 Å². The number of ether oxygens (including phenoxy) is 2. The van der Waals surface area contributed by atoms with Crippen LogP contribution in [-0.2, 0) is 20.7 Å². The molecule has 0 aromatic heterocycles. The maximum absolute atomic E-state index is 12.2. The van der Waals surface area contributed by atoms with Crippen molar-refractivity contribution < 1.29 is 14.3 Å². The average Bonchev–Trinajstić information content (AvgIpc) is 2.56. The Bertz CT molecular complexity index is 465. The molecule has 1 aromatic rings. The molecule has 0 spiro atoms. The van der Waals surface area contributed by atoms with Gasteiger partial charge in [0.15, 0.2) is 5.84 Å². The summed E-state index contributed by atoms with van der Waals surface area (Å²) in [6.07, 6.45) is 0.195. The fraction of sp³-hybridized carbons (Fsp3) is 0.467. The largest absolute Gasteiger partial charge is 0.463 e. The molecule has 1 unspecified atom stereocenters. The van der Waals surface area contributed by atoms with Crippen LogP contribution < -0.4 is 17.1 Å². The molecular formula is C15H26N4O3. The second-order valence-corrected chi connectivity index (χ2v) is 4.04. The molecule has 0 fully saturated rings. The first-order valence-electron chi connectivity index (χ1n) is 7.16. The first-order valence-corrected chi connectivity index (χ1v) is 7.16. The maximum Gasteiger partial charge on any atom is 0.346 e. The van der Waals surface area contributed by atoms with Crippen molar-refractivity contribution in [3.63, 3.8) is 0 Å². The number of carbonyl (C=O) groups excluding carboxylic acids is 1. The zero-order chi connectivity index (χ0) is 17.0. The van der Waals surface area contributed by atoms with E-state index in [2.05, 4.69) is 10.6 Å². The minimum Gasteiger partial charge on any atom is -0.463 e. The van der Waals surface area contributed by atoms with Crippen molar-refractivity contribution >= 4 is 11.8 Å². The molecular weight excluding hydrogens is 284 g/mol. The molecule has 0 bridgehead atoms. The Labute approximate surface area is 131 Å². The fourth-order valence-corrected chi connectivity index (χ4v) is 1.82. The number of nitrogens with zero attached hydrogens (tertiary/aromatic N) is 1. The summed E-state index contributed by atoms with van der Waals surface area (Å²) < 4.78 is 10.4. The number of benzene rings is 1. The third-order valence-electron chi connectivity index (χ3n) is 2.85. The smallest absolute Gasteiger partial charge is 0.346 e. The lowest BCUT2D eigenvalue weighted by Gasteiger charge is -2.29. The lowest BCUT2D eigenvalue weighted by molar-refractivity contribution is -0.160. The number of esters is 1. The average molecular weight is 310 g/mol. The van der Waals surface area contributed by atoms with Crippen LogP contribution in [0.4, 0.5) is 0 Å². The highest BCUT2D eigenvalue weighted by atomic mass is 16.6. The minimum atomic E-state index is -1.51. The number of carbonyl (C=O) groups is 1. The highest BCUT2D eigenvalue weighted by Gasteiger charge is 2.45. The van der Waals surface area contributed by atoms with Gasteiger partial charge in [-0.1, -0.05) is 44.2 Å². The summed E-state index contributed by atoms with van der Waals surface area (Å²) in [7, 11) is 1.37. The number of amidine groups is 1. The van der Waals surface area contributed by atoms with Crippen LogP contribution in [0.1, 0.15) is 26.3 Å². The number of hydrazine groups is 1. The summed E-state index contributed by atoms with van der Waals surface area (Å²) in [5.41, 5.74) is 7.25. The Morgan fingerprint density at radius 3 is 2.36 bits per heavy atom. The Morgan fingerprint density at radius 1 is 1.32 bits per heavy atom. The fourth-order valence-electron chi connectivity index (χ4n) is 1.82. The summed E-state index contributed by atoms with van der Waals surface area (Å²) in [5, 5.41) is 3.66. The zero-order valence-electron chi connectivity index (χ0n) is 13.6. The number of nitrogens with one attached hydrogen (secondary N) is 1. The zero-order valence-corrected chi connectivity index (χ0v) is 13.6. The van der Waals surface area contributed by atoms with Crippen LogP contribution in [0.5, 0.6) is 0 Å². The molecule has 0 aliphatic rings. The van der Waals surface area contributed by atoms with Crippen LogP contribution in [0.2, 0.25) is 0 Å². The lowest BCUT2D eigenvalue weighted by atomic mass is 9.93. The number of rotatable bonds is 7. The normalized spacial score (nSPS) is 13.4. The van der Waals surface area contributed by atoms with E-state index < -0.39 is 11.6 Å². The van der Waals surface area contributed by atoms with E-state index in [4.69, 9.17) is 21.1 Å². The van der Waals surface area contributed by atoms with Gasteiger partial charge in [-0.15, -0.1) is 5.10 Å². The second-order valence-electron chi connectivity index (χ2n) is 4.04. The maximum atomic E-state index is 12.2. The van der Waals surface area contributed by atoms with E-state index in [1.54, 1.807) is 6.92 Å². The number of hydrogen-bond donors (Lipinski definition) is 3. The van der Waals surface area contributed by atoms with Crippen LogP contribution in [0.3, 0.4) is 0 Å². The van der Waals surface area contributed by atoms with Gasteiger partial charge in [-0.05, 0) is 12.5 Å². The molecule has 0 saturated carbocycles. The lowest BCUT2D eigenvalue weighted by Crippen LogP contribution is -2.55. The summed E-state index contributed by atoms with van der Waals surface area (Å²) in [4.78, 5) is 12.2. The van der Waals surface area contributed by atoms with Gasteiger partial charge in [-0.25, -0.2) is 16.2 Å². The van der Waals surface area contributed by atoms with Crippen LogP contribution in [0.25, 0.3) is 0 Å². The molecule has 0 heterocycles. The standard InChI is InChI=1S/C13H20N4O3.C2H6/c1-3-20-12(18)13(19-2,11(14)16-17-15)9-10-7-5-4-6-8-10;1-2/h4-8,17H,3,9,15H2,1-2H3,(H2,14,16);1-2H3. The summed E-state index contributed by atoms with van der Waals surface area (Å²) in [6.45, 7) is 5.91. The Kier molecular flexibility index (Phi) is 9.56. The topological polar surface area (TPSA) is 112 Å². The molecule has 1 rings (SSSR count). The van der Waals surface area contributed by atoms with Gasteiger partial charge >= 0.3 is 5.97 Å². The molecule has 7 nitrogen and oxygen atoms in total. The Hall–Kier alpha value is -2.12. The Morgan fingerprint density at radius 2 is 1.91 bits per heavy atom. The van der Waals surface area contributed by atoms with Crippen molar-refractivity contribution in [2.45, 2.75) is 32.8 Å². The van der Waals surface area contributed by atoms with E-state index >= 15 is 0 Å². The number of hydrazone groups is 1. The monoisotopic (exact) mass is 310 g/mol. The molecule has 0 aliphatic carbocycles. The van der Waals surface area contributed by atoms with Crippen LogP contribution in [0.15, 0.2) is 35.4 Å². The van der Waals surface area contributed by atoms with Crippen molar-refractivity contribution in [3.8, 4) is 0 Å². The first kappa shape index (κ1) is 19.9. The van der Waals surface area contributed by atoms with Crippen molar-refractivity contribution in [1.82, 2.24) is 5.53 Å². The van der Waals surface area contributed by atoms with Crippen LogP contribution in [-0.4, -0.2) is 31.1 Å². The summed E-state index contributed by atoms with van der Waals surface area (Å²) in [6, 6.07) is 9.30. The second kappa shape index (κ2) is 10.6. The highest BCUT2D eigenvalue weighted by Crippen LogP contribution is 2.20. The Balaban J connectivity index is 0.00000211. The van der Waals surface area contributed by atoms with Crippen molar-refractivity contribution in [2.24, 2.45) is 16.7 Å². The molecule has 1 aromatic carbocycles. The summed E-state index contributed by atoms with van der Waals surface area (Å²) in [5.74, 6) is 4.42. The minimum absolute atomic E-state index is 0.0928. The van der Waals surface area contributed by atoms with E-state index in [0.29, 0.717) is 0 Å². The molecule has 1 atom stereocenters. The van der Waals surface area contributed by atoms with Gasteiger partial charge in [0, 0.05) is 13.5 Å². The molecule has 5 N–H and O–H groups in total. The van der Waals surface area contributed by atoms with Crippen molar-refractivity contribution in [1.29, 1.82) is 0 Å². The van der Waals surface area contributed by atoms with Gasteiger partial charge in [-0.2, -0.15) is 0 Å². The quantitative estimate of drug-likeness (QED) is 0.227. The van der Waals surface area contributed by atoms with Crippen molar-refractivity contribution in [2.75, 3.05) is 13.7 Å². The van der Waals surface area contributed by atoms with E-state index in [-0.39, 0.29) is 18.9 Å². The third kappa shape index (κ3) is 5.01. The molecule has 0 aliphatic heterocycles. The predicted molar refractivity (Wildman–Crippen MR) is 86.8 cm³/mol. The van der Waals surface area contributed by atoms with Gasteiger partial charge in [0.2, 0.25) is 5.60 Å². The van der Waals surface area contributed by atoms with Gasteiger partial charge in [0.1, 0.15) is 0 Å². The van der Waals surface area contributed by atoms with E-state index in [1.807, 2.05) is 44.2 Å². The predicted octanol–water partition coefficient (Wildman–Crippen LogP) is 0.939. The molecule has 22 heavy (non-hydrogen) atoms. The molecule has 0 amide bonds. The van der Waals surface area contributed by atoms with Gasteiger partial charge in [0.25, 0.3) is 0 Å². The van der Waals surface area contributed by atoms with E-state index in [0.717, 1.165) is 5.56 Å². The third-order valence-corrected chi connectivity index (χ3v) is 2.85. The summed E-state index contributed by atoms with van der Waals surface area (Å²) >= 11 is 0.